The van der Waals surface area contributed by atoms with Crippen LogP contribution >= 0.6 is 0 Å². The lowest BCUT2D eigenvalue weighted by molar-refractivity contribution is 0.768. The lowest BCUT2D eigenvalue weighted by Gasteiger charge is -2.06. The minimum atomic E-state index is 0.713. The van der Waals surface area contributed by atoms with Gasteiger partial charge in [-0.25, -0.2) is 9.97 Å². The van der Waals surface area contributed by atoms with Crippen molar-refractivity contribution in [3.05, 3.63) is 72.9 Å². The van der Waals surface area contributed by atoms with E-state index in [1.54, 1.807) is 4.68 Å². The standard InChI is InChI=1S/C20H16N6/c1-25-12-16(10-23-25)18-6-7-19-20(24-18)26(13-22-19)11-14-4-5-17-15(9-14)3-2-8-21-17/h2-10,12-13H,11H2,1H3. The van der Waals surface area contributed by atoms with Gasteiger partial charge in [0.1, 0.15) is 5.52 Å². The Kier molecular flexibility index (Phi) is 3.28. The summed E-state index contributed by atoms with van der Waals surface area (Å²) in [5, 5.41) is 5.37. The van der Waals surface area contributed by atoms with Gasteiger partial charge in [-0.05, 0) is 35.9 Å². The average Bonchev–Trinajstić information content (AvgIpc) is 3.28. The Morgan fingerprint density at radius 2 is 1.92 bits per heavy atom. The maximum absolute atomic E-state index is 4.81. The van der Waals surface area contributed by atoms with Gasteiger partial charge in [-0.15, -0.1) is 0 Å². The van der Waals surface area contributed by atoms with Crippen LogP contribution in [0.5, 0.6) is 0 Å². The second-order valence-electron chi connectivity index (χ2n) is 6.34. The van der Waals surface area contributed by atoms with E-state index in [2.05, 4.69) is 43.9 Å². The molecule has 4 aromatic heterocycles. The first kappa shape index (κ1) is 14.8. The van der Waals surface area contributed by atoms with Crippen LogP contribution in [-0.4, -0.2) is 29.3 Å². The van der Waals surface area contributed by atoms with Gasteiger partial charge in [0.05, 0.1) is 30.3 Å². The van der Waals surface area contributed by atoms with Gasteiger partial charge in [-0.2, -0.15) is 5.10 Å². The average molecular weight is 340 g/mol. The fraction of sp³-hybridized carbons (Fsp3) is 0.100. The molecule has 1 aromatic carbocycles. The third kappa shape index (κ3) is 2.52. The molecule has 4 heterocycles. The SMILES string of the molecule is Cn1cc(-c2ccc3ncn(Cc4ccc5ncccc5c4)c3n2)cn1. The van der Waals surface area contributed by atoms with E-state index >= 15 is 0 Å². The van der Waals surface area contributed by atoms with Crippen LogP contribution in [0, 0.1) is 0 Å². The van der Waals surface area contributed by atoms with Crippen LogP contribution in [-0.2, 0) is 13.6 Å². The van der Waals surface area contributed by atoms with Crippen molar-refractivity contribution in [3.63, 3.8) is 0 Å². The molecule has 5 rings (SSSR count). The molecular weight excluding hydrogens is 324 g/mol. The fourth-order valence-electron chi connectivity index (χ4n) is 3.19. The molecule has 0 fully saturated rings. The van der Waals surface area contributed by atoms with Crippen molar-refractivity contribution in [3.8, 4) is 11.3 Å². The number of imidazole rings is 1. The molecule has 26 heavy (non-hydrogen) atoms. The maximum atomic E-state index is 4.81. The van der Waals surface area contributed by atoms with Crippen LogP contribution in [0.2, 0.25) is 0 Å². The lowest BCUT2D eigenvalue weighted by atomic mass is 10.1. The first-order chi connectivity index (χ1) is 12.8. The van der Waals surface area contributed by atoms with E-state index in [1.807, 2.05) is 50.2 Å². The van der Waals surface area contributed by atoms with Crippen molar-refractivity contribution in [2.45, 2.75) is 6.54 Å². The first-order valence-electron chi connectivity index (χ1n) is 8.41. The molecule has 126 valence electrons. The summed E-state index contributed by atoms with van der Waals surface area (Å²) in [4.78, 5) is 13.7. The van der Waals surface area contributed by atoms with E-state index in [0.29, 0.717) is 6.54 Å². The van der Waals surface area contributed by atoms with Crippen LogP contribution in [0.25, 0.3) is 33.3 Å². The Balaban J connectivity index is 1.55. The molecule has 0 unspecified atom stereocenters. The second kappa shape index (κ2) is 5.77. The lowest BCUT2D eigenvalue weighted by Crippen LogP contribution is -2.00. The summed E-state index contributed by atoms with van der Waals surface area (Å²) in [5.41, 5.74) is 5.86. The number of aromatic nitrogens is 6. The van der Waals surface area contributed by atoms with E-state index in [1.165, 1.54) is 5.56 Å². The molecule has 0 amide bonds. The zero-order valence-corrected chi connectivity index (χ0v) is 14.2. The van der Waals surface area contributed by atoms with Crippen molar-refractivity contribution >= 4 is 22.1 Å². The number of hydrogen-bond donors (Lipinski definition) is 0. The number of fused-ring (bicyclic) bond motifs is 2. The van der Waals surface area contributed by atoms with Gasteiger partial charge in [-0.3, -0.25) is 9.67 Å². The quantitative estimate of drug-likeness (QED) is 0.505. The molecule has 0 aliphatic rings. The molecule has 6 heteroatoms. The van der Waals surface area contributed by atoms with Gasteiger partial charge < -0.3 is 4.57 Å². The highest BCUT2D eigenvalue weighted by Crippen LogP contribution is 2.21. The second-order valence-corrected chi connectivity index (χ2v) is 6.34. The van der Waals surface area contributed by atoms with E-state index in [9.17, 15) is 0 Å². The highest BCUT2D eigenvalue weighted by Gasteiger charge is 2.09. The fourth-order valence-corrected chi connectivity index (χ4v) is 3.19. The van der Waals surface area contributed by atoms with Crippen LogP contribution in [0.3, 0.4) is 0 Å². The molecule has 0 N–H and O–H groups in total. The summed E-state index contributed by atoms with van der Waals surface area (Å²) in [7, 11) is 1.90. The minimum absolute atomic E-state index is 0.713. The highest BCUT2D eigenvalue weighted by atomic mass is 15.2. The number of nitrogens with zero attached hydrogens (tertiary/aromatic N) is 6. The summed E-state index contributed by atoms with van der Waals surface area (Å²) in [6.45, 7) is 0.713. The third-order valence-corrected chi connectivity index (χ3v) is 4.48. The van der Waals surface area contributed by atoms with E-state index < -0.39 is 0 Å². The van der Waals surface area contributed by atoms with Crippen molar-refractivity contribution in [1.82, 2.24) is 29.3 Å². The van der Waals surface area contributed by atoms with Crippen LogP contribution < -0.4 is 0 Å². The van der Waals surface area contributed by atoms with Gasteiger partial charge in [0, 0.05) is 30.4 Å². The summed E-state index contributed by atoms with van der Waals surface area (Å²) < 4.78 is 3.86. The molecule has 0 radical (unpaired) electrons. The molecular formula is C20H16N6. The summed E-state index contributed by atoms with van der Waals surface area (Å²) in [6.07, 6.45) is 7.45. The zero-order chi connectivity index (χ0) is 17.5. The molecule has 6 nitrogen and oxygen atoms in total. The molecule has 0 aliphatic carbocycles. The Bertz CT molecular complexity index is 1230. The summed E-state index contributed by atoms with van der Waals surface area (Å²) in [6, 6.07) is 14.4. The largest absolute Gasteiger partial charge is 0.311 e. The van der Waals surface area contributed by atoms with E-state index in [-0.39, 0.29) is 0 Å². The van der Waals surface area contributed by atoms with Crippen molar-refractivity contribution in [2.75, 3.05) is 0 Å². The number of rotatable bonds is 3. The molecule has 0 saturated heterocycles. The Labute approximate surface area is 149 Å². The Morgan fingerprint density at radius 3 is 2.81 bits per heavy atom. The normalized spacial score (nSPS) is 11.4. The summed E-state index contributed by atoms with van der Waals surface area (Å²) >= 11 is 0. The monoisotopic (exact) mass is 340 g/mol. The van der Waals surface area contributed by atoms with Crippen molar-refractivity contribution in [1.29, 1.82) is 0 Å². The Morgan fingerprint density at radius 1 is 1.00 bits per heavy atom. The molecule has 0 atom stereocenters. The van der Waals surface area contributed by atoms with E-state index in [4.69, 9.17) is 4.98 Å². The van der Waals surface area contributed by atoms with Crippen molar-refractivity contribution < 1.29 is 0 Å². The zero-order valence-electron chi connectivity index (χ0n) is 14.2. The van der Waals surface area contributed by atoms with Crippen molar-refractivity contribution in [2.24, 2.45) is 7.05 Å². The number of pyridine rings is 2. The third-order valence-electron chi connectivity index (χ3n) is 4.48. The minimum Gasteiger partial charge on any atom is -0.311 e. The van der Waals surface area contributed by atoms with Crippen LogP contribution in [0.1, 0.15) is 5.56 Å². The predicted molar refractivity (Wildman–Crippen MR) is 101 cm³/mol. The smallest absolute Gasteiger partial charge is 0.160 e. The molecule has 5 aromatic rings. The maximum Gasteiger partial charge on any atom is 0.160 e. The van der Waals surface area contributed by atoms with Crippen LogP contribution in [0.4, 0.5) is 0 Å². The predicted octanol–water partition coefficient (Wildman–Crippen LogP) is 3.43. The van der Waals surface area contributed by atoms with Gasteiger partial charge in [-0.1, -0.05) is 12.1 Å². The molecule has 0 spiro atoms. The Hall–Kier alpha value is -3.54. The van der Waals surface area contributed by atoms with Gasteiger partial charge in [0.15, 0.2) is 5.65 Å². The van der Waals surface area contributed by atoms with E-state index in [0.717, 1.165) is 33.3 Å². The first-order valence-corrected chi connectivity index (χ1v) is 8.41. The van der Waals surface area contributed by atoms with Gasteiger partial charge in [0.25, 0.3) is 0 Å². The highest BCUT2D eigenvalue weighted by molar-refractivity contribution is 5.79. The molecule has 0 aliphatic heterocycles. The summed E-state index contributed by atoms with van der Waals surface area (Å²) in [5.74, 6) is 0. The molecule has 0 bridgehead atoms. The number of benzene rings is 1. The number of hydrogen-bond acceptors (Lipinski definition) is 4. The van der Waals surface area contributed by atoms with Crippen LogP contribution in [0.15, 0.2) is 67.4 Å². The van der Waals surface area contributed by atoms with Gasteiger partial charge in [0.2, 0.25) is 0 Å². The number of aryl methyl sites for hydroxylation is 1. The van der Waals surface area contributed by atoms with Gasteiger partial charge >= 0.3 is 0 Å². The molecule has 0 saturated carbocycles. The topological polar surface area (TPSA) is 61.4 Å².